The molecule has 0 saturated carbocycles. The molecule has 0 atom stereocenters. The maximum absolute atomic E-state index is 12.8. The molecule has 1 aromatic heterocycles. The van der Waals surface area contributed by atoms with Gasteiger partial charge in [0.15, 0.2) is 16.9 Å². The second-order valence-corrected chi connectivity index (χ2v) is 5.70. The molecule has 140 valence electrons. The molecule has 3 rings (SSSR count). The van der Waals surface area contributed by atoms with E-state index in [2.05, 4.69) is 0 Å². The third-order valence-corrected chi connectivity index (χ3v) is 4.03. The number of benzene rings is 2. The molecule has 3 aromatic rings. The predicted molar refractivity (Wildman–Crippen MR) is 98.8 cm³/mol. The van der Waals surface area contributed by atoms with Crippen molar-refractivity contribution >= 4 is 16.9 Å². The van der Waals surface area contributed by atoms with E-state index in [9.17, 15) is 9.59 Å². The normalized spacial score (nSPS) is 10.6. The number of hydrogen-bond donors (Lipinski definition) is 1. The number of methoxy groups -OCH3 is 2. The first-order valence-electron chi connectivity index (χ1n) is 8.16. The van der Waals surface area contributed by atoms with E-state index in [1.54, 1.807) is 36.4 Å². The molecule has 0 amide bonds. The van der Waals surface area contributed by atoms with Gasteiger partial charge in [0.25, 0.3) is 0 Å². The standard InChI is InChI=1S/C20H18O7/c1-24-16-6-3-12(9-18(16)25-2)15-11-27-17-10-13(26-8-7-19(21)22)4-5-14(17)20(15)23/h3-6,9-11H,7-8H2,1-2H3,(H,21,22). The number of hydrogen-bond acceptors (Lipinski definition) is 6. The van der Waals surface area contributed by atoms with Gasteiger partial charge in [0.05, 0.1) is 38.2 Å². The molecule has 0 bridgehead atoms. The molecule has 0 aliphatic carbocycles. The molecule has 0 radical (unpaired) electrons. The van der Waals surface area contributed by atoms with E-state index in [0.29, 0.717) is 39.3 Å². The van der Waals surface area contributed by atoms with Crippen molar-refractivity contribution in [3.63, 3.8) is 0 Å². The number of aliphatic carboxylic acids is 1. The molecule has 0 aliphatic rings. The summed E-state index contributed by atoms with van der Waals surface area (Å²) in [6.07, 6.45) is 1.27. The molecule has 27 heavy (non-hydrogen) atoms. The van der Waals surface area contributed by atoms with E-state index in [1.165, 1.54) is 20.5 Å². The van der Waals surface area contributed by atoms with E-state index in [0.717, 1.165) is 0 Å². The molecule has 1 heterocycles. The summed E-state index contributed by atoms with van der Waals surface area (Å²) in [5.74, 6) is 0.568. The Morgan fingerprint density at radius 3 is 2.56 bits per heavy atom. The lowest BCUT2D eigenvalue weighted by atomic mass is 10.0. The molecule has 0 fully saturated rings. The van der Waals surface area contributed by atoms with Gasteiger partial charge in [-0.3, -0.25) is 9.59 Å². The van der Waals surface area contributed by atoms with Crippen molar-refractivity contribution < 1.29 is 28.5 Å². The monoisotopic (exact) mass is 370 g/mol. The van der Waals surface area contributed by atoms with Gasteiger partial charge < -0.3 is 23.7 Å². The van der Waals surface area contributed by atoms with Crippen LogP contribution in [-0.4, -0.2) is 31.9 Å². The smallest absolute Gasteiger partial charge is 0.306 e. The Balaban J connectivity index is 1.96. The second-order valence-electron chi connectivity index (χ2n) is 5.70. The highest BCUT2D eigenvalue weighted by atomic mass is 16.5. The highest BCUT2D eigenvalue weighted by molar-refractivity contribution is 5.83. The summed E-state index contributed by atoms with van der Waals surface area (Å²) >= 11 is 0. The van der Waals surface area contributed by atoms with E-state index >= 15 is 0 Å². The summed E-state index contributed by atoms with van der Waals surface area (Å²) < 4.78 is 21.5. The first kappa shape index (κ1) is 18.3. The second kappa shape index (κ2) is 7.82. The minimum absolute atomic E-state index is 0.0365. The van der Waals surface area contributed by atoms with Crippen molar-refractivity contribution in [1.82, 2.24) is 0 Å². The predicted octanol–water partition coefficient (Wildman–Crippen LogP) is 3.33. The molecule has 0 unspecified atom stereocenters. The fraction of sp³-hybridized carbons (Fsp3) is 0.200. The van der Waals surface area contributed by atoms with Crippen LogP contribution in [-0.2, 0) is 4.79 Å². The quantitative estimate of drug-likeness (QED) is 0.681. The van der Waals surface area contributed by atoms with Gasteiger partial charge in [-0.15, -0.1) is 0 Å². The first-order valence-corrected chi connectivity index (χ1v) is 8.16. The van der Waals surface area contributed by atoms with Gasteiger partial charge in [-0.2, -0.15) is 0 Å². The van der Waals surface area contributed by atoms with E-state index in [4.69, 9.17) is 23.7 Å². The van der Waals surface area contributed by atoms with Crippen molar-refractivity contribution in [1.29, 1.82) is 0 Å². The topological polar surface area (TPSA) is 95.2 Å². The lowest BCUT2D eigenvalue weighted by molar-refractivity contribution is -0.137. The summed E-state index contributed by atoms with van der Waals surface area (Å²) in [5, 5.41) is 9.05. The van der Waals surface area contributed by atoms with Gasteiger partial charge in [-0.05, 0) is 29.8 Å². The molecule has 7 nitrogen and oxygen atoms in total. The minimum atomic E-state index is -0.943. The fourth-order valence-electron chi connectivity index (χ4n) is 2.66. The van der Waals surface area contributed by atoms with Crippen molar-refractivity contribution in [3.05, 3.63) is 52.9 Å². The Kier molecular flexibility index (Phi) is 5.30. The molecule has 0 saturated heterocycles. The maximum atomic E-state index is 12.8. The lowest BCUT2D eigenvalue weighted by Crippen LogP contribution is -2.06. The SMILES string of the molecule is COc1ccc(-c2coc3cc(OCCC(=O)O)ccc3c2=O)cc1OC. The van der Waals surface area contributed by atoms with E-state index < -0.39 is 5.97 Å². The number of rotatable bonds is 7. The molecule has 0 spiro atoms. The van der Waals surface area contributed by atoms with Crippen LogP contribution in [0.1, 0.15) is 6.42 Å². The van der Waals surface area contributed by atoms with Gasteiger partial charge in [0.2, 0.25) is 0 Å². The third-order valence-electron chi connectivity index (χ3n) is 4.03. The summed E-state index contributed by atoms with van der Waals surface area (Å²) in [6, 6.07) is 9.96. The number of carboxylic acids is 1. The zero-order valence-electron chi connectivity index (χ0n) is 14.9. The molecule has 2 aromatic carbocycles. The van der Waals surface area contributed by atoms with Crippen LogP contribution in [0.4, 0.5) is 0 Å². The maximum Gasteiger partial charge on any atom is 0.306 e. The summed E-state index contributed by atoms with van der Waals surface area (Å²) in [5.41, 5.74) is 1.20. The Bertz CT molecular complexity index is 1040. The molecule has 1 N–H and O–H groups in total. The van der Waals surface area contributed by atoms with Gasteiger partial charge in [-0.1, -0.05) is 6.07 Å². The van der Waals surface area contributed by atoms with Crippen molar-refractivity contribution in [2.24, 2.45) is 0 Å². The molecular weight excluding hydrogens is 352 g/mol. The van der Waals surface area contributed by atoms with Crippen LogP contribution < -0.4 is 19.6 Å². The van der Waals surface area contributed by atoms with Crippen LogP contribution in [0.3, 0.4) is 0 Å². The summed E-state index contributed by atoms with van der Waals surface area (Å²) in [6.45, 7) is 0.0365. The molecular formula is C20H18O7. The van der Waals surface area contributed by atoms with Crippen LogP contribution >= 0.6 is 0 Å². The Morgan fingerprint density at radius 2 is 1.85 bits per heavy atom. The van der Waals surface area contributed by atoms with Gasteiger partial charge in [-0.25, -0.2) is 0 Å². The van der Waals surface area contributed by atoms with Crippen molar-refractivity contribution in [3.8, 4) is 28.4 Å². The van der Waals surface area contributed by atoms with E-state index in [-0.39, 0.29) is 18.5 Å². The number of ether oxygens (including phenoxy) is 3. The highest BCUT2D eigenvalue weighted by Gasteiger charge is 2.13. The molecule has 0 aliphatic heterocycles. The van der Waals surface area contributed by atoms with Crippen LogP contribution in [0.2, 0.25) is 0 Å². The summed E-state index contributed by atoms with van der Waals surface area (Å²) in [7, 11) is 3.06. The zero-order chi connectivity index (χ0) is 19.4. The van der Waals surface area contributed by atoms with Crippen LogP contribution in [0.25, 0.3) is 22.1 Å². The van der Waals surface area contributed by atoms with E-state index in [1.807, 2.05) is 0 Å². The van der Waals surface area contributed by atoms with Crippen molar-refractivity contribution in [2.75, 3.05) is 20.8 Å². The average Bonchev–Trinajstić information content (AvgIpc) is 2.67. The first-order chi connectivity index (χ1) is 13.0. The van der Waals surface area contributed by atoms with Crippen LogP contribution in [0.5, 0.6) is 17.2 Å². The summed E-state index contributed by atoms with van der Waals surface area (Å²) in [4.78, 5) is 23.4. The Morgan fingerprint density at radius 1 is 1.07 bits per heavy atom. The lowest BCUT2D eigenvalue weighted by Gasteiger charge is -2.10. The third kappa shape index (κ3) is 3.87. The Hall–Kier alpha value is -3.48. The highest BCUT2D eigenvalue weighted by Crippen LogP contribution is 2.32. The number of fused-ring (bicyclic) bond motifs is 1. The number of carbonyl (C=O) groups is 1. The zero-order valence-corrected chi connectivity index (χ0v) is 14.9. The Labute approximate surface area is 154 Å². The van der Waals surface area contributed by atoms with Gasteiger partial charge in [0, 0.05) is 6.07 Å². The van der Waals surface area contributed by atoms with Gasteiger partial charge >= 0.3 is 5.97 Å². The van der Waals surface area contributed by atoms with Crippen LogP contribution in [0.15, 0.2) is 51.9 Å². The molecule has 7 heteroatoms. The van der Waals surface area contributed by atoms with Crippen LogP contribution in [0, 0.1) is 0 Å². The van der Waals surface area contributed by atoms with Crippen molar-refractivity contribution in [2.45, 2.75) is 6.42 Å². The number of carboxylic acid groups (broad SMARTS) is 1. The van der Waals surface area contributed by atoms with Gasteiger partial charge in [0.1, 0.15) is 17.6 Å². The largest absolute Gasteiger partial charge is 0.493 e. The fourth-order valence-corrected chi connectivity index (χ4v) is 2.66. The average molecular weight is 370 g/mol. The minimum Gasteiger partial charge on any atom is -0.493 e.